The molecule has 4 fully saturated rings. The Morgan fingerprint density at radius 1 is 1.09 bits per heavy atom. The molecular formula is C19H29N2O10PS. The Bertz CT molecular complexity index is 802. The highest BCUT2D eigenvalue weighted by Crippen LogP contribution is 2.54. The molecule has 0 aromatic heterocycles. The summed E-state index contributed by atoms with van der Waals surface area (Å²) >= 11 is 5.22. The summed E-state index contributed by atoms with van der Waals surface area (Å²) in [5, 5.41) is 15.6. The average Bonchev–Trinajstić information content (AvgIpc) is 3.52. The number of nitriles is 1. The zero-order chi connectivity index (χ0) is 24.4. The van der Waals surface area contributed by atoms with Crippen molar-refractivity contribution < 1.29 is 47.2 Å². The van der Waals surface area contributed by atoms with E-state index >= 15 is 0 Å². The van der Waals surface area contributed by atoms with E-state index in [2.05, 4.69) is 0 Å². The van der Waals surface area contributed by atoms with Crippen LogP contribution in [0.3, 0.4) is 0 Å². The lowest BCUT2D eigenvalue weighted by Crippen LogP contribution is -2.46. The molecule has 1 N–H and O–H groups in total. The highest BCUT2D eigenvalue weighted by Gasteiger charge is 2.73. The highest BCUT2D eigenvalue weighted by molar-refractivity contribution is 8.07. The predicted octanol–water partition coefficient (Wildman–Crippen LogP) is 0.289. The molecule has 2 amide bonds. The van der Waals surface area contributed by atoms with Gasteiger partial charge in [-0.25, -0.2) is 0 Å². The third-order valence-corrected chi connectivity index (χ3v) is 8.54. The Morgan fingerprint density at radius 2 is 1.64 bits per heavy atom. The number of aliphatic hydroxyl groups excluding tert-OH is 1. The summed E-state index contributed by atoms with van der Waals surface area (Å²) in [7, 11) is 3.86. The van der Waals surface area contributed by atoms with E-state index in [1.165, 1.54) is 19.1 Å². The molecule has 0 aromatic carbocycles. The number of hydrogen-bond donors (Lipinski definition) is 1. The quantitative estimate of drug-likeness (QED) is 0.246. The first-order chi connectivity index (χ1) is 15.8. The van der Waals surface area contributed by atoms with E-state index in [9.17, 15) is 9.59 Å². The van der Waals surface area contributed by atoms with Gasteiger partial charge in [-0.3, -0.25) is 14.5 Å². The summed E-state index contributed by atoms with van der Waals surface area (Å²) in [6, 6.07) is 1.95. The van der Waals surface area contributed by atoms with Crippen LogP contribution in [0.25, 0.3) is 0 Å². The number of methoxy groups -OCH3 is 1. The van der Waals surface area contributed by atoms with Gasteiger partial charge >= 0.3 is 6.72 Å². The van der Waals surface area contributed by atoms with Crippen molar-refractivity contribution in [2.45, 2.75) is 50.2 Å². The molecule has 33 heavy (non-hydrogen) atoms. The van der Waals surface area contributed by atoms with Crippen molar-refractivity contribution in [3.05, 3.63) is 0 Å². The maximum Gasteiger partial charge on any atom is 0.326 e. The zero-order valence-corrected chi connectivity index (χ0v) is 20.6. The Morgan fingerprint density at radius 3 is 2.12 bits per heavy atom. The van der Waals surface area contributed by atoms with E-state index in [4.69, 9.17) is 54.7 Å². The fourth-order valence-corrected chi connectivity index (χ4v) is 6.01. The minimum atomic E-state index is -2.95. The molecular weight excluding hydrogens is 479 g/mol. The number of amides is 2. The summed E-state index contributed by atoms with van der Waals surface area (Å²) in [4.78, 5) is 27.2. The molecule has 0 saturated carbocycles. The van der Waals surface area contributed by atoms with E-state index in [0.717, 1.165) is 7.11 Å². The monoisotopic (exact) mass is 508 g/mol. The van der Waals surface area contributed by atoms with Gasteiger partial charge in [0, 0.05) is 34.8 Å². The molecule has 4 rings (SSSR count). The first-order valence-electron chi connectivity index (χ1n) is 10.5. The normalized spacial score (nSPS) is 37.9. The van der Waals surface area contributed by atoms with Crippen molar-refractivity contribution in [1.29, 1.82) is 5.26 Å². The summed E-state index contributed by atoms with van der Waals surface area (Å²) < 4.78 is 38.9. The average molecular weight is 508 g/mol. The van der Waals surface area contributed by atoms with Crippen LogP contribution in [0.2, 0.25) is 0 Å². The molecule has 8 atom stereocenters. The van der Waals surface area contributed by atoms with Crippen molar-refractivity contribution in [1.82, 2.24) is 4.90 Å². The topological polar surface area (TPSA) is 146 Å². The first-order valence-corrected chi connectivity index (χ1v) is 13.0. The van der Waals surface area contributed by atoms with E-state index in [1.807, 2.05) is 6.07 Å². The number of hydrogen-bond acceptors (Lipinski definition) is 12. The number of carbonyl (C=O) groups excluding carboxylic acids is 2. The van der Waals surface area contributed by atoms with E-state index in [0.29, 0.717) is 6.42 Å². The number of rotatable bonds is 10. The van der Waals surface area contributed by atoms with Crippen LogP contribution in [-0.2, 0) is 53.9 Å². The number of likely N-dealkylation sites (tertiary alicyclic amines) is 1. The number of nitrogens with zero attached hydrogens (tertiary/aromatic N) is 2. The van der Waals surface area contributed by atoms with Crippen LogP contribution in [0, 0.1) is 23.2 Å². The van der Waals surface area contributed by atoms with Gasteiger partial charge in [-0.15, -0.1) is 0 Å². The molecule has 4 aliphatic rings. The second-order valence-corrected chi connectivity index (χ2v) is 10.9. The Kier molecular flexibility index (Phi) is 8.61. The van der Waals surface area contributed by atoms with Gasteiger partial charge in [0.2, 0.25) is 11.8 Å². The molecule has 0 aromatic rings. The molecule has 4 heterocycles. The molecule has 186 valence electrons. The van der Waals surface area contributed by atoms with E-state index in [-0.39, 0.29) is 38.0 Å². The lowest BCUT2D eigenvalue weighted by Gasteiger charge is -2.24. The maximum absolute atomic E-state index is 13.0. The highest BCUT2D eigenvalue weighted by atomic mass is 32.5. The van der Waals surface area contributed by atoms with Gasteiger partial charge in [0.25, 0.3) is 5.97 Å². The van der Waals surface area contributed by atoms with Gasteiger partial charge in [0.05, 0.1) is 49.7 Å². The van der Waals surface area contributed by atoms with Crippen molar-refractivity contribution >= 4 is 30.3 Å². The summed E-state index contributed by atoms with van der Waals surface area (Å²) in [6.45, 7) is -0.840. The lowest BCUT2D eigenvalue weighted by molar-refractivity contribution is -0.330. The largest absolute Gasteiger partial charge is 0.400 e. The van der Waals surface area contributed by atoms with Crippen molar-refractivity contribution in [3.63, 3.8) is 0 Å². The molecule has 12 nitrogen and oxygen atoms in total. The zero-order valence-electron chi connectivity index (χ0n) is 18.9. The van der Waals surface area contributed by atoms with Crippen molar-refractivity contribution in [2.24, 2.45) is 11.8 Å². The predicted molar refractivity (Wildman–Crippen MR) is 114 cm³/mol. The van der Waals surface area contributed by atoms with Crippen LogP contribution in [0.4, 0.5) is 0 Å². The summed E-state index contributed by atoms with van der Waals surface area (Å²) in [6.07, 6.45) is -1.43. The minimum absolute atomic E-state index is 0.117. The smallest absolute Gasteiger partial charge is 0.326 e. The Balaban J connectivity index is 0.00000149. The standard InChI is InChI=1S/C18H25N2O9PS.CH4O/c1-18(23-2)28-14-12-10-11(13(27-12)15(14)29-18)17(22)20(16(10)21)7-5-9-26-30(31,24-3)25-8-4-6-19;1-2/h10-15H,4-5,7-9H2,1-3H3;2H,1H3/t10?,11?,12-,13?,14+,15?,18?,30?;/m0./s1. The fourth-order valence-electron chi connectivity index (χ4n) is 4.61. The van der Waals surface area contributed by atoms with E-state index in [1.54, 1.807) is 6.92 Å². The van der Waals surface area contributed by atoms with Crippen LogP contribution in [0.15, 0.2) is 0 Å². The molecule has 14 heteroatoms. The van der Waals surface area contributed by atoms with Gasteiger partial charge < -0.3 is 37.6 Å². The van der Waals surface area contributed by atoms with Gasteiger partial charge in [-0.2, -0.15) is 5.26 Å². The molecule has 0 aliphatic carbocycles. The van der Waals surface area contributed by atoms with Crippen molar-refractivity contribution in [2.75, 3.05) is 41.1 Å². The summed E-state index contributed by atoms with van der Waals surface area (Å²) in [5.74, 6) is -2.91. The molecule has 0 spiro atoms. The maximum atomic E-state index is 13.0. The second-order valence-electron chi connectivity index (χ2n) is 7.73. The third kappa shape index (κ3) is 4.88. The molecule has 6 unspecified atom stereocenters. The Hall–Kier alpha value is -1.04. The Labute approximate surface area is 197 Å². The number of imide groups is 1. The van der Waals surface area contributed by atoms with Crippen LogP contribution in [0.1, 0.15) is 19.8 Å². The number of ether oxygens (including phenoxy) is 4. The summed E-state index contributed by atoms with van der Waals surface area (Å²) in [5.41, 5.74) is 0. The minimum Gasteiger partial charge on any atom is -0.400 e. The fraction of sp³-hybridized carbons (Fsp3) is 0.842. The van der Waals surface area contributed by atoms with Crippen LogP contribution in [-0.4, -0.2) is 93.3 Å². The van der Waals surface area contributed by atoms with Crippen LogP contribution in [0.5, 0.6) is 0 Å². The van der Waals surface area contributed by atoms with Crippen molar-refractivity contribution in [3.8, 4) is 6.07 Å². The van der Waals surface area contributed by atoms with Gasteiger partial charge in [-0.1, -0.05) is 0 Å². The number of aliphatic hydroxyl groups is 1. The van der Waals surface area contributed by atoms with Crippen LogP contribution < -0.4 is 0 Å². The lowest BCUT2D eigenvalue weighted by atomic mass is 9.78. The first kappa shape index (κ1) is 26.6. The van der Waals surface area contributed by atoms with E-state index < -0.39 is 48.9 Å². The third-order valence-electron chi connectivity index (χ3n) is 6.02. The van der Waals surface area contributed by atoms with Crippen LogP contribution >= 0.6 is 6.72 Å². The van der Waals surface area contributed by atoms with Gasteiger partial charge in [-0.05, 0) is 18.2 Å². The SMILES string of the molecule is CO.COC1(C)OC2C3O[C@@H](C4C(=O)N(CCCOP(=S)(OC)OCCC#N)C(=O)C34)[C@H]2O1. The number of fused-ring (bicyclic) bond motifs is 8. The molecule has 0 radical (unpaired) electrons. The van der Waals surface area contributed by atoms with Gasteiger partial charge in [0.15, 0.2) is 0 Å². The second kappa shape index (κ2) is 10.7. The number of carbonyl (C=O) groups is 2. The molecule has 4 aliphatic heterocycles. The molecule has 4 saturated heterocycles. The molecule has 2 bridgehead atoms. The van der Waals surface area contributed by atoms with Gasteiger partial charge in [0.1, 0.15) is 12.2 Å².